The van der Waals surface area contributed by atoms with Crippen LogP contribution in [-0.4, -0.2) is 16.1 Å². The second-order valence-corrected chi connectivity index (χ2v) is 5.41. The van der Waals surface area contributed by atoms with Crippen LogP contribution in [0.15, 0.2) is 22.7 Å². The second-order valence-electron chi connectivity index (χ2n) is 3.52. The lowest BCUT2D eigenvalue weighted by atomic mass is 10.2. The average Bonchev–Trinajstić information content (AvgIpc) is 2.60. The van der Waals surface area contributed by atoms with Crippen molar-refractivity contribution in [1.82, 2.24) is 4.98 Å². The lowest BCUT2D eigenvalue weighted by Crippen LogP contribution is -2.00. The van der Waals surface area contributed by atoms with Gasteiger partial charge in [-0.25, -0.2) is 9.78 Å². The average molecular weight is 313 g/mol. The van der Waals surface area contributed by atoms with Crippen LogP contribution in [0.2, 0.25) is 0 Å². The molecule has 0 saturated carbocycles. The van der Waals surface area contributed by atoms with E-state index < -0.39 is 5.97 Å². The molecule has 0 aliphatic rings. The van der Waals surface area contributed by atoms with Crippen LogP contribution in [-0.2, 0) is 0 Å². The maximum absolute atomic E-state index is 10.9. The highest BCUT2D eigenvalue weighted by atomic mass is 79.9. The van der Waals surface area contributed by atoms with Gasteiger partial charge < -0.3 is 10.8 Å². The molecule has 1 aromatic heterocycles. The van der Waals surface area contributed by atoms with E-state index in [1.54, 1.807) is 0 Å². The Labute approximate surface area is 110 Å². The Morgan fingerprint density at radius 3 is 2.76 bits per heavy atom. The predicted molar refractivity (Wildman–Crippen MR) is 71.4 cm³/mol. The smallest absolute Gasteiger partial charge is 0.357 e. The first-order valence-corrected chi connectivity index (χ1v) is 6.36. The molecule has 0 fully saturated rings. The zero-order valence-electron chi connectivity index (χ0n) is 8.90. The molecule has 0 saturated heterocycles. The van der Waals surface area contributed by atoms with Crippen LogP contribution >= 0.6 is 27.3 Å². The molecule has 17 heavy (non-hydrogen) atoms. The molecular weight excluding hydrogens is 304 g/mol. The first-order valence-electron chi connectivity index (χ1n) is 4.75. The highest BCUT2D eigenvalue weighted by molar-refractivity contribution is 9.10. The third kappa shape index (κ3) is 2.32. The number of anilines is 1. The van der Waals surface area contributed by atoms with Crippen LogP contribution in [0.25, 0.3) is 10.6 Å². The number of benzene rings is 1. The van der Waals surface area contributed by atoms with Crippen LogP contribution in [0.3, 0.4) is 0 Å². The fourth-order valence-corrected chi connectivity index (χ4v) is 3.07. The number of halogens is 1. The van der Waals surface area contributed by atoms with Crippen LogP contribution < -0.4 is 5.73 Å². The van der Waals surface area contributed by atoms with Gasteiger partial charge in [0, 0.05) is 10.0 Å². The van der Waals surface area contributed by atoms with Gasteiger partial charge in [-0.15, -0.1) is 0 Å². The summed E-state index contributed by atoms with van der Waals surface area (Å²) in [5.74, 6) is -1.10. The molecule has 6 heteroatoms. The molecule has 0 bridgehead atoms. The van der Waals surface area contributed by atoms with E-state index in [1.807, 2.05) is 25.1 Å². The number of nitrogens with zero attached hydrogens (tertiary/aromatic N) is 1. The van der Waals surface area contributed by atoms with Crippen molar-refractivity contribution in [3.05, 3.63) is 33.9 Å². The van der Waals surface area contributed by atoms with Gasteiger partial charge in [-0.2, -0.15) is 0 Å². The Balaban J connectivity index is 2.53. The lowest BCUT2D eigenvalue weighted by molar-refractivity contribution is 0.0692. The molecule has 3 N–H and O–H groups in total. The first-order chi connectivity index (χ1) is 7.99. The third-order valence-electron chi connectivity index (χ3n) is 2.21. The summed E-state index contributed by atoms with van der Waals surface area (Å²) in [6.07, 6.45) is 0. The van der Waals surface area contributed by atoms with Crippen molar-refractivity contribution in [3.8, 4) is 10.6 Å². The molecule has 88 valence electrons. The molecule has 2 rings (SSSR count). The van der Waals surface area contributed by atoms with Crippen LogP contribution in [0, 0.1) is 6.92 Å². The maximum atomic E-state index is 10.9. The summed E-state index contributed by atoms with van der Waals surface area (Å²) in [4.78, 5) is 14.9. The fourth-order valence-electron chi connectivity index (χ4n) is 1.39. The van der Waals surface area contributed by atoms with Crippen molar-refractivity contribution in [2.75, 3.05) is 5.73 Å². The molecule has 4 nitrogen and oxygen atoms in total. The van der Waals surface area contributed by atoms with E-state index in [2.05, 4.69) is 20.9 Å². The number of hydrogen-bond donors (Lipinski definition) is 2. The number of aromatic carboxylic acids is 1. The summed E-state index contributed by atoms with van der Waals surface area (Å²) in [5.41, 5.74) is 7.50. The van der Waals surface area contributed by atoms with Crippen molar-refractivity contribution < 1.29 is 9.90 Å². The number of nitrogens with two attached hydrogens (primary N) is 1. The number of aromatic nitrogens is 1. The van der Waals surface area contributed by atoms with E-state index >= 15 is 0 Å². The minimum atomic E-state index is -1.10. The number of carboxylic acid groups (broad SMARTS) is 1. The molecular formula is C11H9BrN2O2S. The van der Waals surface area contributed by atoms with Gasteiger partial charge in [-0.1, -0.05) is 39.4 Å². The summed E-state index contributed by atoms with van der Waals surface area (Å²) >= 11 is 4.60. The number of thiazole rings is 1. The zero-order chi connectivity index (χ0) is 12.6. The minimum absolute atomic E-state index is 0.0857. The van der Waals surface area contributed by atoms with Crippen molar-refractivity contribution in [2.24, 2.45) is 0 Å². The molecule has 1 aromatic carbocycles. The molecule has 0 unspecified atom stereocenters. The van der Waals surface area contributed by atoms with Gasteiger partial charge in [0.1, 0.15) is 10.0 Å². The number of rotatable bonds is 2. The lowest BCUT2D eigenvalue weighted by Gasteiger charge is -2.01. The summed E-state index contributed by atoms with van der Waals surface area (Å²) in [5, 5.41) is 9.72. The largest absolute Gasteiger partial charge is 0.476 e. The van der Waals surface area contributed by atoms with E-state index in [-0.39, 0.29) is 10.7 Å². The number of carbonyl (C=O) groups is 1. The van der Waals surface area contributed by atoms with Crippen molar-refractivity contribution in [2.45, 2.75) is 6.92 Å². The van der Waals surface area contributed by atoms with Crippen LogP contribution in [0.1, 0.15) is 16.1 Å². The first kappa shape index (κ1) is 12.1. The topological polar surface area (TPSA) is 76.2 Å². The van der Waals surface area contributed by atoms with E-state index in [0.29, 0.717) is 5.01 Å². The minimum Gasteiger partial charge on any atom is -0.476 e. The summed E-state index contributed by atoms with van der Waals surface area (Å²) < 4.78 is 0.878. The summed E-state index contributed by atoms with van der Waals surface area (Å²) in [6.45, 7) is 1.98. The molecule has 2 aromatic rings. The summed E-state index contributed by atoms with van der Waals surface area (Å²) in [6, 6.07) is 5.79. The number of nitrogen functional groups attached to an aromatic ring is 1. The van der Waals surface area contributed by atoms with Gasteiger partial charge in [-0.05, 0) is 18.6 Å². The standard InChI is InChI=1S/C11H9BrN2O2S/c1-5-2-3-6(7(12)4-5)10-14-8(11(15)16)9(13)17-10/h2-4H,13H2,1H3,(H,15,16). The van der Waals surface area contributed by atoms with Gasteiger partial charge in [0.15, 0.2) is 5.69 Å². The molecule has 0 atom stereocenters. The zero-order valence-corrected chi connectivity index (χ0v) is 11.3. The molecule has 0 aliphatic carbocycles. The van der Waals surface area contributed by atoms with Gasteiger partial charge in [-0.3, -0.25) is 0 Å². The van der Waals surface area contributed by atoms with Gasteiger partial charge in [0.2, 0.25) is 0 Å². The Kier molecular flexibility index (Phi) is 3.17. The summed E-state index contributed by atoms with van der Waals surface area (Å²) in [7, 11) is 0. The van der Waals surface area contributed by atoms with Gasteiger partial charge >= 0.3 is 5.97 Å². The van der Waals surface area contributed by atoms with E-state index in [4.69, 9.17) is 10.8 Å². The van der Waals surface area contributed by atoms with E-state index in [1.165, 1.54) is 11.3 Å². The van der Waals surface area contributed by atoms with E-state index in [9.17, 15) is 4.79 Å². The Morgan fingerprint density at radius 2 is 2.24 bits per heavy atom. The van der Waals surface area contributed by atoms with Gasteiger partial charge in [0.25, 0.3) is 0 Å². The third-order valence-corrected chi connectivity index (χ3v) is 3.78. The molecule has 0 aliphatic heterocycles. The SMILES string of the molecule is Cc1ccc(-c2nc(C(=O)O)c(N)s2)c(Br)c1. The van der Waals surface area contributed by atoms with Crippen molar-refractivity contribution in [1.29, 1.82) is 0 Å². The monoisotopic (exact) mass is 312 g/mol. The highest BCUT2D eigenvalue weighted by Gasteiger charge is 2.17. The maximum Gasteiger partial charge on any atom is 0.357 e. The molecule has 1 heterocycles. The second kappa shape index (κ2) is 4.46. The Bertz CT molecular complexity index is 595. The van der Waals surface area contributed by atoms with Crippen LogP contribution in [0.4, 0.5) is 5.00 Å². The Morgan fingerprint density at radius 1 is 1.53 bits per heavy atom. The number of hydrogen-bond acceptors (Lipinski definition) is 4. The van der Waals surface area contributed by atoms with Crippen molar-refractivity contribution in [3.63, 3.8) is 0 Å². The van der Waals surface area contributed by atoms with Crippen molar-refractivity contribution >= 4 is 38.2 Å². The predicted octanol–water partition coefficient (Wildman–Crippen LogP) is 3.16. The molecule has 0 radical (unpaired) electrons. The highest BCUT2D eigenvalue weighted by Crippen LogP contribution is 2.34. The van der Waals surface area contributed by atoms with Crippen LogP contribution in [0.5, 0.6) is 0 Å². The van der Waals surface area contributed by atoms with E-state index in [0.717, 1.165) is 15.6 Å². The number of carboxylic acids is 1. The molecule has 0 spiro atoms. The Hall–Kier alpha value is -1.40. The van der Waals surface area contributed by atoms with Gasteiger partial charge in [0.05, 0.1) is 0 Å². The normalized spacial score (nSPS) is 10.5. The quantitative estimate of drug-likeness (QED) is 0.893. The number of aryl methyl sites for hydroxylation is 1. The fraction of sp³-hybridized carbons (Fsp3) is 0.0909. The molecule has 0 amide bonds.